The van der Waals surface area contributed by atoms with Crippen molar-refractivity contribution < 1.29 is 0 Å². The van der Waals surface area contributed by atoms with E-state index in [2.05, 4.69) is 56.8 Å². The van der Waals surface area contributed by atoms with E-state index in [0.717, 1.165) is 47.3 Å². The Labute approximate surface area is 163 Å². The Kier molecular flexibility index (Phi) is 5.07. The Morgan fingerprint density at radius 2 is 2.07 bits per heavy atom. The van der Waals surface area contributed by atoms with Gasteiger partial charge in [-0.3, -0.25) is 4.90 Å². The number of aromatic nitrogens is 2. The van der Waals surface area contributed by atoms with Crippen molar-refractivity contribution in [2.24, 2.45) is 0 Å². The maximum absolute atomic E-state index is 5.83. The molecule has 4 N–H and O–H groups in total. The van der Waals surface area contributed by atoms with Crippen LogP contribution in [0, 0.1) is 6.92 Å². The molecule has 0 amide bonds. The molecular weight excluding hydrogens is 356 g/mol. The van der Waals surface area contributed by atoms with Crippen LogP contribution >= 0.6 is 11.3 Å². The molecule has 1 saturated heterocycles. The third-order valence-corrected chi connectivity index (χ3v) is 5.95. The first-order chi connectivity index (χ1) is 13.1. The fourth-order valence-corrected chi connectivity index (χ4v) is 4.27. The summed E-state index contributed by atoms with van der Waals surface area (Å²) in [5, 5.41) is 7.45. The van der Waals surface area contributed by atoms with Crippen LogP contribution in [0.5, 0.6) is 0 Å². The second-order valence-electron chi connectivity index (χ2n) is 6.84. The molecule has 1 aliphatic rings. The van der Waals surface area contributed by atoms with Crippen LogP contribution in [0.15, 0.2) is 42.6 Å². The molecular formula is C20H24N6S. The van der Waals surface area contributed by atoms with Crippen LogP contribution in [-0.2, 0) is 0 Å². The van der Waals surface area contributed by atoms with Gasteiger partial charge in [-0.2, -0.15) is 0 Å². The lowest BCUT2D eigenvalue weighted by Gasteiger charge is -2.33. The number of thiazole rings is 1. The molecule has 0 spiro atoms. The number of piperazine rings is 1. The highest BCUT2D eigenvalue weighted by molar-refractivity contribution is 7.18. The van der Waals surface area contributed by atoms with E-state index in [0.29, 0.717) is 11.2 Å². The van der Waals surface area contributed by atoms with Crippen LogP contribution in [0.25, 0.3) is 10.4 Å². The first-order valence-corrected chi connectivity index (χ1v) is 9.89. The second-order valence-corrected chi connectivity index (χ2v) is 7.87. The highest BCUT2D eigenvalue weighted by Gasteiger charge is 2.20. The number of nitrogens with one attached hydrogen (secondary N) is 2. The molecule has 27 heavy (non-hydrogen) atoms. The topological polar surface area (TPSA) is 79.1 Å². The minimum absolute atomic E-state index is 0.425. The van der Waals surface area contributed by atoms with Crippen LogP contribution in [0.2, 0.25) is 0 Å². The van der Waals surface area contributed by atoms with Gasteiger partial charge in [0.25, 0.3) is 0 Å². The average molecular weight is 381 g/mol. The van der Waals surface area contributed by atoms with E-state index < -0.39 is 0 Å². The summed E-state index contributed by atoms with van der Waals surface area (Å²) in [5.74, 6) is 0.808. The van der Waals surface area contributed by atoms with Crippen molar-refractivity contribution in [3.8, 4) is 10.4 Å². The predicted octanol–water partition coefficient (Wildman–Crippen LogP) is 3.42. The number of aryl methyl sites for hydroxylation is 1. The zero-order valence-electron chi connectivity index (χ0n) is 15.6. The molecule has 7 heteroatoms. The van der Waals surface area contributed by atoms with E-state index in [9.17, 15) is 0 Å². The summed E-state index contributed by atoms with van der Waals surface area (Å²) < 4.78 is 0. The van der Waals surface area contributed by atoms with Crippen molar-refractivity contribution >= 4 is 28.0 Å². The molecule has 2 aromatic heterocycles. The fraction of sp³-hybridized carbons (Fsp3) is 0.300. The first kappa shape index (κ1) is 17.9. The number of hydrogen-bond acceptors (Lipinski definition) is 7. The first-order valence-electron chi connectivity index (χ1n) is 9.07. The molecule has 1 unspecified atom stereocenters. The number of hydrogen-bond donors (Lipinski definition) is 3. The number of likely N-dealkylation sites (N-methyl/N-ethyl adjacent to an activating group) is 1. The van der Waals surface area contributed by atoms with Gasteiger partial charge in [0.05, 0.1) is 10.6 Å². The summed E-state index contributed by atoms with van der Waals surface area (Å²) in [5.41, 5.74) is 10.2. The number of pyridine rings is 1. The lowest BCUT2D eigenvalue weighted by Crippen LogP contribution is -2.43. The molecule has 4 rings (SSSR count). The smallest absolute Gasteiger partial charge is 0.180 e. The van der Waals surface area contributed by atoms with Crippen molar-refractivity contribution in [2.75, 3.05) is 37.7 Å². The lowest BCUT2D eigenvalue weighted by molar-refractivity contribution is 0.202. The monoisotopic (exact) mass is 380 g/mol. The number of nitrogen functional groups attached to an aromatic ring is 1. The van der Waals surface area contributed by atoms with Crippen LogP contribution in [0.4, 0.5) is 16.6 Å². The summed E-state index contributed by atoms with van der Waals surface area (Å²) in [6.45, 7) is 5.10. The van der Waals surface area contributed by atoms with Gasteiger partial charge >= 0.3 is 0 Å². The Morgan fingerprint density at radius 1 is 1.26 bits per heavy atom. The Morgan fingerprint density at radius 3 is 2.78 bits per heavy atom. The SMILES string of the molecule is Cc1nc(N)sc1-c1ccnc(Nc2ccc(C3CNCCN3C)cc2)c1. The maximum atomic E-state index is 5.83. The van der Waals surface area contributed by atoms with E-state index >= 15 is 0 Å². The van der Waals surface area contributed by atoms with Crippen LogP contribution in [0.3, 0.4) is 0 Å². The van der Waals surface area contributed by atoms with Gasteiger partial charge in [0.15, 0.2) is 5.13 Å². The Hall–Kier alpha value is -2.48. The predicted molar refractivity (Wildman–Crippen MR) is 112 cm³/mol. The largest absolute Gasteiger partial charge is 0.375 e. The number of benzene rings is 1. The molecule has 1 aromatic carbocycles. The highest BCUT2D eigenvalue weighted by atomic mass is 32.1. The minimum atomic E-state index is 0.425. The summed E-state index contributed by atoms with van der Waals surface area (Å²) in [6, 6.07) is 13.0. The van der Waals surface area contributed by atoms with Crippen molar-refractivity contribution in [3.63, 3.8) is 0 Å². The van der Waals surface area contributed by atoms with Gasteiger partial charge in [-0.05, 0) is 49.4 Å². The molecule has 140 valence electrons. The number of nitrogens with two attached hydrogens (primary N) is 1. The van der Waals surface area contributed by atoms with Gasteiger partial charge < -0.3 is 16.4 Å². The van der Waals surface area contributed by atoms with Gasteiger partial charge in [0, 0.05) is 37.6 Å². The summed E-state index contributed by atoms with van der Waals surface area (Å²) in [4.78, 5) is 12.2. The third-order valence-electron chi connectivity index (χ3n) is 4.91. The third kappa shape index (κ3) is 3.95. The van der Waals surface area contributed by atoms with E-state index in [1.165, 1.54) is 16.9 Å². The second kappa shape index (κ2) is 7.64. The quantitative estimate of drug-likeness (QED) is 0.644. The average Bonchev–Trinajstić information content (AvgIpc) is 3.01. The van der Waals surface area contributed by atoms with Crippen molar-refractivity contribution in [2.45, 2.75) is 13.0 Å². The van der Waals surface area contributed by atoms with E-state index in [1.54, 1.807) is 0 Å². The Bertz CT molecular complexity index is 920. The van der Waals surface area contributed by atoms with E-state index in [1.807, 2.05) is 25.3 Å². The van der Waals surface area contributed by atoms with Gasteiger partial charge in [-0.1, -0.05) is 23.5 Å². The van der Waals surface area contributed by atoms with Crippen molar-refractivity contribution in [1.82, 2.24) is 20.2 Å². The number of rotatable bonds is 4. The van der Waals surface area contributed by atoms with Crippen molar-refractivity contribution in [1.29, 1.82) is 0 Å². The molecule has 6 nitrogen and oxygen atoms in total. The van der Waals surface area contributed by atoms with Gasteiger partial charge in [0.2, 0.25) is 0 Å². The summed E-state index contributed by atoms with van der Waals surface area (Å²) in [7, 11) is 2.18. The summed E-state index contributed by atoms with van der Waals surface area (Å²) in [6.07, 6.45) is 1.81. The molecule has 1 atom stereocenters. The molecule has 1 fully saturated rings. The van der Waals surface area contributed by atoms with E-state index in [-0.39, 0.29) is 0 Å². The zero-order chi connectivity index (χ0) is 18.8. The van der Waals surface area contributed by atoms with Crippen LogP contribution < -0.4 is 16.4 Å². The standard InChI is InChI=1S/C20H24N6S/c1-13-19(27-20(21)24-13)15-7-8-23-18(11-15)25-16-5-3-14(4-6-16)17-12-22-9-10-26(17)2/h3-8,11,17,22H,9-10,12H2,1-2H3,(H2,21,24)(H,23,25). The number of anilines is 3. The van der Waals surface area contributed by atoms with Crippen LogP contribution in [-0.4, -0.2) is 41.5 Å². The fourth-order valence-electron chi connectivity index (χ4n) is 3.44. The molecule has 0 bridgehead atoms. The zero-order valence-corrected chi connectivity index (χ0v) is 16.4. The van der Waals surface area contributed by atoms with Gasteiger partial charge in [-0.15, -0.1) is 0 Å². The van der Waals surface area contributed by atoms with Crippen molar-refractivity contribution in [3.05, 3.63) is 53.9 Å². The van der Waals surface area contributed by atoms with Crippen LogP contribution in [0.1, 0.15) is 17.3 Å². The Balaban J connectivity index is 1.51. The molecule has 0 radical (unpaired) electrons. The molecule has 3 heterocycles. The maximum Gasteiger partial charge on any atom is 0.180 e. The van der Waals surface area contributed by atoms with E-state index in [4.69, 9.17) is 5.73 Å². The summed E-state index contributed by atoms with van der Waals surface area (Å²) >= 11 is 1.50. The van der Waals surface area contributed by atoms with Gasteiger partial charge in [0.1, 0.15) is 5.82 Å². The number of nitrogens with zero attached hydrogens (tertiary/aromatic N) is 3. The lowest BCUT2D eigenvalue weighted by atomic mass is 10.0. The molecule has 0 saturated carbocycles. The minimum Gasteiger partial charge on any atom is -0.375 e. The van der Waals surface area contributed by atoms with Gasteiger partial charge in [-0.25, -0.2) is 9.97 Å². The normalized spacial score (nSPS) is 17.8. The molecule has 0 aliphatic carbocycles. The highest BCUT2D eigenvalue weighted by Crippen LogP contribution is 2.32. The molecule has 3 aromatic rings. The molecule has 1 aliphatic heterocycles.